The van der Waals surface area contributed by atoms with Gasteiger partial charge >= 0.3 is 0 Å². The van der Waals surface area contributed by atoms with E-state index in [2.05, 4.69) is 15.4 Å². The highest BCUT2D eigenvalue weighted by molar-refractivity contribution is 6.30. The van der Waals surface area contributed by atoms with Gasteiger partial charge in [0.15, 0.2) is 0 Å². The van der Waals surface area contributed by atoms with Gasteiger partial charge in [-0.1, -0.05) is 23.7 Å². The average molecular weight is 373 g/mol. The third kappa shape index (κ3) is 3.62. The number of aromatic nitrogens is 3. The number of hydrogen-bond donors (Lipinski definition) is 2. The second kappa shape index (κ2) is 7.45. The number of nitrogens with one attached hydrogen (secondary N) is 2. The molecule has 3 rings (SSSR count). The lowest BCUT2D eigenvalue weighted by Gasteiger charge is -2.12. The van der Waals surface area contributed by atoms with Gasteiger partial charge in [-0.3, -0.25) is 9.59 Å². The number of carbonyl (C=O) groups excluding carboxylic acids is 1. The largest absolute Gasteiger partial charge is 0.494 e. The number of methoxy groups -OCH3 is 1. The molecule has 26 heavy (non-hydrogen) atoms. The molecule has 134 valence electrons. The van der Waals surface area contributed by atoms with Crippen LogP contribution in [0.4, 0.5) is 0 Å². The first kappa shape index (κ1) is 17.8. The van der Waals surface area contributed by atoms with Crippen LogP contribution in [0.25, 0.3) is 5.69 Å². The Morgan fingerprint density at radius 1 is 1.38 bits per heavy atom. The number of nitrogens with zero attached hydrogens (tertiary/aromatic N) is 2. The molecule has 1 unspecified atom stereocenters. The first-order valence-electron chi connectivity index (χ1n) is 7.86. The summed E-state index contributed by atoms with van der Waals surface area (Å²) in [7, 11) is 1.59. The van der Waals surface area contributed by atoms with E-state index in [1.165, 1.54) is 12.3 Å². The maximum atomic E-state index is 12.3. The summed E-state index contributed by atoms with van der Waals surface area (Å²) in [5.74, 6) is 0.176. The summed E-state index contributed by atoms with van der Waals surface area (Å²) < 4.78 is 7.00. The normalized spacial score (nSPS) is 11.8. The quantitative estimate of drug-likeness (QED) is 0.720. The molecule has 1 atom stereocenters. The van der Waals surface area contributed by atoms with Crippen LogP contribution in [0.5, 0.6) is 5.75 Å². The van der Waals surface area contributed by atoms with E-state index in [-0.39, 0.29) is 16.6 Å². The first-order chi connectivity index (χ1) is 12.5. The number of ether oxygens (including phenoxy) is 1. The summed E-state index contributed by atoms with van der Waals surface area (Å²) in [4.78, 5) is 26.5. The fourth-order valence-electron chi connectivity index (χ4n) is 2.49. The number of halogens is 1. The van der Waals surface area contributed by atoms with E-state index in [4.69, 9.17) is 16.3 Å². The smallest absolute Gasteiger partial charge is 0.260 e. The maximum Gasteiger partial charge on any atom is 0.260 e. The molecule has 3 aromatic rings. The predicted molar refractivity (Wildman–Crippen MR) is 98.1 cm³/mol. The van der Waals surface area contributed by atoms with E-state index in [0.29, 0.717) is 5.75 Å². The second-order valence-corrected chi connectivity index (χ2v) is 6.08. The number of pyridine rings is 1. The van der Waals surface area contributed by atoms with Gasteiger partial charge in [0.25, 0.3) is 11.5 Å². The van der Waals surface area contributed by atoms with Gasteiger partial charge in [-0.25, -0.2) is 4.68 Å². The molecule has 0 saturated heterocycles. The Morgan fingerprint density at radius 3 is 2.92 bits per heavy atom. The summed E-state index contributed by atoms with van der Waals surface area (Å²) in [6.07, 6.45) is 4.78. The van der Waals surface area contributed by atoms with Crippen molar-refractivity contribution < 1.29 is 9.53 Å². The van der Waals surface area contributed by atoms with Gasteiger partial charge in [-0.2, -0.15) is 5.10 Å². The molecule has 2 heterocycles. The minimum Gasteiger partial charge on any atom is -0.494 e. The number of aromatic amines is 1. The van der Waals surface area contributed by atoms with Crippen LogP contribution in [-0.2, 0) is 0 Å². The van der Waals surface area contributed by atoms with E-state index in [0.717, 1.165) is 11.3 Å². The zero-order valence-corrected chi connectivity index (χ0v) is 14.9. The topological polar surface area (TPSA) is 89.0 Å². The van der Waals surface area contributed by atoms with Crippen molar-refractivity contribution in [3.8, 4) is 11.4 Å². The highest BCUT2D eigenvalue weighted by atomic mass is 35.5. The third-order valence-corrected chi connectivity index (χ3v) is 4.11. The van der Waals surface area contributed by atoms with Crippen molar-refractivity contribution in [2.45, 2.75) is 13.0 Å². The van der Waals surface area contributed by atoms with Crippen molar-refractivity contribution in [1.82, 2.24) is 20.1 Å². The lowest BCUT2D eigenvalue weighted by molar-refractivity contribution is 0.0938. The summed E-state index contributed by atoms with van der Waals surface area (Å²) >= 11 is 5.84. The second-order valence-electron chi connectivity index (χ2n) is 5.65. The van der Waals surface area contributed by atoms with Gasteiger partial charge in [0.1, 0.15) is 17.0 Å². The predicted octanol–water partition coefficient (Wildman–Crippen LogP) is 2.71. The molecule has 2 N–H and O–H groups in total. The molecule has 1 aromatic carbocycles. The number of H-pyrrole nitrogens is 1. The van der Waals surface area contributed by atoms with Crippen LogP contribution < -0.4 is 15.6 Å². The summed E-state index contributed by atoms with van der Waals surface area (Å²) in [5, 5.41) is 7.38. The Bertz CT molecular complexity index is 996. The van der Waals surface area contributed by atoms with Gasteiger partial charge in [-0.05, 0) is 25.1 Å². The Kier molecular flexibility index (Phi) is 5.09. The molecule has 1 amide bonds. The third-order valence-electron chi connectivity index (χ3n) is 3.89. The molecule has 7 nitrogen and oxygen atoms in total. The van der Waals surface area contributed by atoms with Crippen LogP contribution in [0.1, 0.15) is 28.9 Å². The molecular weight excluding hydrogens is 356 g/mol. The Balaban J connectivity index is 1.80. The van der Waals surface area contributed by atoms with E-state index < -0.39 is 11.5 Å². The van der Waals surface area contributed by atoms with Crippen molar-refractivity contribution in [1.29, 1.82) is 0 Å². The van der Waals surface area contributed by atoms with Gasteiger partial charge in [0.05, 0.1) is 24.4 Å². The van der Waals surface area contributed by atoms with E-state index in [1.807, 2.05) is 24.3 Å². The zero-order valence-electron chi connectivity index (χ0n) is 14.2. The number of para-hydroxylation sites is 2. The van der Waals surface area contributed by atoms with Gasteiger partial charge < -0.3 is 15.0 Å². The molecule has 0 aliphatic heterocycles. The molecule has 0 radical (unpaired) electrons. The number of rotatable bonds is 5. The molecule has 0 aliphatic rings. The molecule has 0 fully saturated rings. The minimum absolute atomic E-state index is 0.0403. The Morgan fingerprint density at radius 2 is 2.15 bits per heavy atom. The lowest BCUT2D eigenvalue weighted by Crippen LogP contribution is -2.31. The standard InChI is InChI=1S/C18H17ClN4O3/c1-11(22-18(25)14-7-13(19)9-20-17(14)24)12-8-21-23(10-12)15-5-3-4-6-16(15)26-2/h3-11H,1-2H3,(H,20,24)(H,22,25). The zero-order chi connectivity index (χ0) is 18.7. The highest BCUT2D eigenvalue weighted by Gasteiger charge is 2.17. The van der Waals surface area contributed by atoms with Gasteiger partial charge in [-0.15, -0.1) is 0 Å². The van der Waals surface area contributed by atoms with Crippen molar-refractivity contribution in [2.24, 2.45) is 0 Å². The van der Waals surface area contributed by atoms with E-state index in [9.17, 15) is 9.59 Å². The van der Waals surface area contributed by atoms with Crippen LogP contribution >= 0.6 is 11.6 Å². The Labute approximate surface area is 154 Å². The van der Waals surface area contributed by atoms with Gasteiger partial charge in [0, 0.05) is 18.0 Å². The van der Waals surface area contributed by atoms with Crippen molar-refractivity contribution in [3.05, 3.63) is 75.4 Å². The number of amides is 1. The summed E-state index contributed by atoms with van der Waals surface area (Å²) in [5.41, 5.74) is 1.03. The molecule has 0 bridgehead atoms. The maximum absolute atomic E-state index is 12.3. The van der Waals surface area contributed by atoms with Gasteiger partial charge in [0.2, 0.25) is 0 Å². The van der Waals surface area contributed by atoms with E-state index in [1.54, 1.807) is 31.1 Å². The Hall–Kier alpha value is -3.06. The number of carbonyl (C=O) groups is 1. The monoisotopic (exact) mass is 372 g/mol. The first-order valence-corrected chi connectivity index (χ1v) is 8.24. The molecule has 0 spiro atoms. The summed E-state index contributed by atoms with van der Waals surface area (Å²) in [6.45, 7) is 1.81. The molecular formula is C18H17ClN4O3. The average Bonchev–Trinajstić information content (AvgIpc) is 3.13. The van der Waals surface area contributed by atoms with Crippen LogP contribution in [0.3, 0.4) is 0 Å². The molecule has 2 aromatic heterocycles. The fourth-order valence-corrected chi connectivity index (χ4v) is 2.66. The van der Waals surface area contributed by atoms with Crippen molar-refractivity contribution in [2.75, 3.05) is 7.11 Å². The lowest BCUT2D eigenvalue weighted by atomic mass is 10.1. The van der Waals surface area contributed by atoms with Crippen LogP contribution in [0.15, 0.2) is 53.7 Å². The van der Waals surface area contributed by atoms with Crippen molar-refractivity contribution in [3.63, 3.8) is 0 Å². The number of hydrogen-bond acceptors (Lipinski definition) is 4. The fraction of sp³-hybridized carbons (Fsp3) is 0.167. The summed E-state index contributed by atoms with van der Waals surface area (Å²) in [6, 6.07) is 8.45. The van der Waals surface area contributed by atoms with Crippen molar-refractivity contribution >= 4 is 17.5 Å². The SMILES string of the molecule is COc1ccccc1-n1cc(C(C)NC(=O)c2cc(Cl)c[nH]c2=O)cn1. The van der Waals surface area contributed by atoms with Crippen LogP contribution in [0.2, 0.25) is 5.02 Å². The van der Waals surface area contributed by atoms with Crippen LogP contribution in [0, 0.1) is 0 Å². The molecule has 8 heteroatoms. The highest BCUT2D eigenvalue weighted by Crippen LogP contribution is 2.23. The van der Waals surface area contributed by atoms with Crippen LogP contribution in [-0.4, -0.2) is 27.8 Å². The van der Waals surface area contributed by atoms with E-state index >= 15 is 0 Å². The minimum atomic E-state index is -0.508. The molecule has 0 aliphatic carbocycles. The number of benzene rings is 1. The molecule has 0 saturated carbocycles.